The molecular formula is C17H15ClN2O7. The molecule has 27 heavy (non-hydrogen) atoms. The lowest BCUT2D eigenvalue weighted by Crippen LogP contribution is -2.30. The molecule has 0 aliphatic carbocycles. The fraction of sp³-hybridized carbons (Fsp3) is 0.176. The summed E-state index contributed by atoms with van der Waals surface area (Å²) in [5, 5.41) is 13.7. The Kier molecular flexibility index (Phi) is 6.56. The highest BCUT2D eigenvalue weighted by Crippen LogP contribution is 2.37. The van der Waals surface area contributed by atoms with Gasteiger partial charge in [-0.05, 0) is 30.3 Å². The van der Waals surface area contributed by atoms with Gasteiger partial charge in [0.1, 0.15) is 6.54 Å². The summed E-state index contributed by atoms with van der Waals surface area (Å²) in [6.45, 7) is -0.285. The molecule has 2 aromatic carbocycles. The minimum atomic E-state index is -0.623. The number of carbonyl (C=O) groups excluding carboxylic acids is 2. The van der Waals surface area contributed by atoms with Crippen molar-refractivity contribution in [1.82, 2.24) is 5.32 Å². The number of ether oxygens (including phenoxy) is 3. The van der Waals surface area contributed by atoms with E-state index in [4.69, 9.17) is 21.1 Å². The van der Waals surface area contributed by atoms with Gasteiger partial charge >= 0.3 is 11.7 Å². The molecular weight excluding hydrogens is 380 g/mol. The highest BCUT2D eigenvalue weighted by Gasteiger charge is 2.19. The first-order valence-electron chi connectivity index (χ1n) is 7.50. The van der Waals surface area contributed by atoms with Crippen LogP contribution in [0, 0.1) is 10.1 Å². The predicted molar refractivity (Wildman–Crippen MR) is 95.5 cm³/mol. The summed E-state index contributed by atoms with van der Waals surface area (Å²) in [6, 6.07) is 8.19. The number of nitro groups is 1. The zero-order valence-corrected chi connectivity index (χ0v) is 15.1. The summed E-state index contributed by atoms with van der Waals surface area (Å²) in [7, 11) is 2.56. The Labute approximate surface area is 158 Å². The van der Waals surface area contributed by atoms with Crippen LogP contribution < -0.4 is 14.8 Å². The average molecular weight is 395 g/mol. The van der Waals surface area contributed by atoms with Crippen LogP contribution in [0.5, 0.6) is 17.2 Å². The number of amides is 1. The Morgan fingerprint density at radius 1 is 1.11 bits per heavy atom. The van der Waals surface area contributed by atoms with Crippen LogP contribution in [0.3, 0.4) is 0 Å². The SMILES string of the molecule is COC(=O)CNC(=O)c1ccc(Oc2ccc(Cl)cc2[N+](=O)[O-])c(OC)c1. The average Bonchev–Trinajstić information content (AvgIpc) is 2.67. The standard InChI is InChI=1S/C17H15ClN2O7/c1-25-15-7-10(17(22)19-9-16(21)26-2)3-5-14(15)27-13-6-4-11(18)8-12(13)20(23)24/h3-8H,9H2,1-2H3,(H,19,22). The van der Waals surface area contributed by atoms with Crippen molar-refractivity contribution in [2.45, 2.75) is 0 Å². The van der Waals surface area contributed by atoms with E-state index in [-0.39, 0.29) is 40.1 Å². The highest BCUT2D eigenvalue weighted by molar-refractivity contribution is 6.30. The summed E-state index contributed by atoms with van der Waals surface area (Å²) < 4.78 is 15.2. The molecule has 0 unspecified atom stereocenters. The van der Waals surface area contributed by atoms with Crippen LogP contribution in [0.4, 0.5) is 5.69 Å². The normalized spacial score (nSPS) is 10.0. The van der Waals surface area contributed by atoms with E-state index in [0.717, 1.165) is 6.07 Å². The number of nitro benzene ring substituents is 1. The molecule has 0 aliphatic rings. The quantitative estimate of drug-likeness (QED) is 0.435. The van der Waals surface area contributed by atoms with Crippen LogP contribution in [0.2, 0.25) is 5.02 Å². The fourth-order valence-electron chi connectivity index (χ4n) is 2.06. The summed E-state index contributed by atoms with van der Waals surface area (Å²) in [5.41, 5.74) is -0.113. The smallest absolute Gasteiger partial charge is 0.325 e. The number of methoxy groups -OCH3 is 2. The van der Waals surface area contributed by atoms with Gasteiger partial charge in [0.2, 0.25) is 5.75 Å². The van der Waals surface area contributed by atoms with E-state index >= 15 is 0 Å². The van der Waals surface area contributed by atoms with E-state index in [1.165, 1.54) is 44.6 Å². The number of benzene rings is 2. The van der Waals surface area contributed by atoms with E-state index < -0.39 is 16.8 Å². The molecule has 0 aliphatic heterocycles. The number of esters is 1. The molecule has 142 valence electrons. The van der Waals surface area contributed by atoms with E-state index in [1.807, 2.05) is 0 Å². The van der Waals surface area contributed by atoms with Gasteiger partial charge in [0.15, 0.2) is 11.5 Å². The first-order chi connectivity index (χ1) is 12.8. The van der Waals surface area contributed by atoms with Crippen LogP contribution in [0.25, 0.3) is 0 Å². The van der Waals surface area contributed by atoms with Gasteiger partial charge in [0.05, 0.1) is 19.1 Å². The molecule has 0 fully saturated rings. The Bertz CT molecular complexity index is 886. The second kappa shape index (κ2) is 8.86. The summed E-state index contributed by atoms with van der Waals surface area (Å²) >= 11 is 5.78. The van der Waals surface area contributed by atoms with Crippen LogP contribution in [0.15, 0.2) is 36.4 Å². The maximum Gasteiger partial charge on any atom is 0.325 e. The number of halogens is 1. The van der Waals surface area contributed by atoms with Crippen molar-refractivity contribution in [2.24, 2.45) is 0 Å². The summed E-state index contributed by atoms with van der Waals surface area (Å²) in [4.78, 5) is 33.7. The first-order valence-corrected chi connectivity index (χ1v) is 7.88. The maximum absolute atomic E-state index is 12.1. The van der Waals surface area contributed by atoms with Crippen molar-refractivity contribution in [3.05, 3.63) is 57.1 Å². The first kappa shape index (κ1) is 20.0. The number of nitrogens with one attached hydrogen (secondary N) is 1. The lowest BCUT2D eigenvalue weighted by molar-refractivity contribution is -0.385. The van der Waals surface area contributed by atoms with Gasteiger partial charge in [0, 0.05) is 16.7 Å². The van der Waals surface area contributed by atoms with Crippen LogP contribution >= 0.6 is 11.6 Å². The predicted octanol–water partition coefficient (Wildman–Crippen LogP) is 2.95. The van der Waals surface area contributed by atoms with Gasteiger partial charge in [-0.2, -0.15) is 0 Å². The van der Waals surface area contributed by atoms with Crippen LogP contribution in [-0.4, -0.2) is 37.6 Å². The Morgan fingerprint density at radius 3 is 2.44 bits per heavy atom. The molecule has 0 radical (unpaired) electrons. The molecule has 0 aromatic heterocycles. The van der Waals surface area contributed by atoms with Crippen molar-refractivity contribution in [1.29, 1.82) is 0 Å². The van der Waals surface area contributed by atoms with Crippen molar-refractivity contribution >= 4 is 29.2 Å². The van der Waals surface area contributed by atoms with Crippen molar-refractivity contribution < 1.29 is 28.7 Å². The summed E-state index contributed by atoms with van der Waals surface area (Å²) in [5.74, 6) is -0.823. The molecule has 2 rings (SSSR count). The second-order valence-corrected chi connectivity index (χ2v) is 5.53. The van der Waals surface area contributed by atoms with Gasteiger partial charge in [-0.15, -0.1) is 0 Å². The van der Waals surface area contributed by atoms with Crippen molar-refractivity contribution in [2.75, 3.05) is 20.8 Å². The minimum absolute atomic E-state index is 0.0365. The van der Waals surface area contributed by atoms with E-state index in [9.17, 15) is 19.7 Å². The molecule has 0 atom stereocenters. The zero-order chi connectivity index (χ0) is 20.0. The molecule has 2 aromatic rings. The number of hydrogen-bond donors (Lipinski definition) is 1. The molecule has 0 bridgehead atoms. The number of hydrogen-bond acceptors (Lipinski definition) is 7. The van der Waals surface area contributed by atoms with Crippen LogP contribution in [-0.2, 0) is 9.53 Å². The molecule has 0 heterocycles. The third-order valence-corrected chi connectivity index (χ3v) is 3.62. The maximum atomic E-state index is 12.1. The van der Waals surface area contributed by atoms with Crippen LogP contribution in [0.1, 0.15) is 10.4 Å². The summed E-state index contributed by atoms with van der Waals surface area (Å²) in [6.07, 6.45) is 0. The molecule has 0 saturated heterocycles. The molecule has 0 spiro atoms. The second-order valence-electron chi connectivity index (χ2n) is 5.10. The number of rotatable bonds is 7. The van der Waals surface area contributed by atoms with Crippen molar-refractivity contribution in [3.63, 3.8) is 0 Å². The zero-order valence-electron chi connectivity index (χ0n) is 14.4. The van der Waals surface area contributed by atoms with Gasteiger partial charge in [-0.1, -0.05) is 11.6 Å². The van der Waals surface area contributed by atoms with Gasteiger partial charge in [0.25, 0.3) is 5.91 Å². The van der Waals surface area contributed by atoms with Crippen molar-refractivity contribution in [3.8, 4) is 17.2 Å². The lowest BCUT2D eigenvalue weighted by atomic mass is 10.2. The highest BCUT2D eigenvalue weighted by atomic mass is 35.5. The fourth-order valence-corrected chi connectivity index (χ4v) is 2.22. The largest absolute Gasteiger partial charge is 0.493 e. The third kappa shape index (κ3) is 5.08. The molecule has 1 amide bonds. The Hall–Kier alpha value is -3.33. The lowest BCUT2D eigenvalue weighted by Gasteiger charge is -2.12. The minimum Gasteiger partial charge on any atom is -0.493 e. The van der Waals surface area contributed by atoms with Gasteiger partial charge in [-0.3, -0.25) is 19.7 Å². The van der Waals surface area contributed by atoms with E-state index in [1.54, 1.807) is 0 Å². The van der Waals surface area contributed by atoms with E-state index in [2.05, 4.69) is 10.1 Å². The van der Waals surface area contributed by atoms with Gasteiger partial charge < -0.3 is 19.5 Å². The Morgan fingerprint density at radius 2 is 1.81 bits per heavy atom. The molecule has 10 heteroatoms. The molecule has 9 nitrogen and oxygen atoms in total. The number of nitrogens with zero attached hydrogens (tertiary/aromatic N) is 1. The topological polar surface area (TPSA) is 117 Å². The number of carbonyl (C=O) groups is 2. The van der Waals surface area contributed by atoms with E-state index in [0.29, 0.717) is 0 Å². The molecule has 1 N–H and O–H groups in total. The third-order valence-electron chi connectivity index (χ3n) is 3.38. The Balaban J connectivity index is 2.26. The monoisotopic (exact) mass is 394 g/mol. The molecule has 0 saturated carbocycles. The van der Waals surface area contributed by atoms with Gasteiger partial charge in [-0.25, -0.2) is 0 Å².